The average molecular weight is 470 g/mol. The molecule has 0 saturated heterocycles. The molecule has 10 heteroatoms. The third-order valence-corrected chi connectivity index (χ3v) is 6.05. The molecule has 2 rings (SSSR count). The Hall–Kier alpha value is -2.43. The Morgan fingerprint density at radius 3 is 2.46 bits per heavy atom. The van der Waals surface area contributed by atoms with Crippen molar-refractivity contribution >= 4 is 38.1 Å². The van der Waals surface area contributed by atoms with Crippen molar-refractivity contribution in [3.63, 3.8) is 0 Å². The van der Waals surface area contributed by atoms with Gasteiger partial charge in [-0.1, -0.05) is 28.1 Å². The van der Waals surface area contributed by atoms with Crippen LogP contribution in [0.25, 0.3) is 0 Å². The maximum Gasteiger partial charge on any atom is 0.255 e. The molecule has 0 unspecified atom stereocenters. The molecule has 1 amide bonds. The van der Waals surface area contributed by atoms with E-state index in [2.05, 4.69) is 26.5 Å². The molecule has 150 valence electrons. The summed E-state index contributed by atoms with van der Waals surface area (Å²) in [6.07, 6.45) is 1.46. The predicted octanol–water partition coefficient (Wildman–Crippen LogP) is 2.24. The zero-order valence-electron chi connectivity index (χ0n) is 15.5. The number of likely N-dealkylation sites (N-methyl/N-ethyl adjacent to an activating group) is 1. The van der Waals surface area contributed by atoms with E-state index in [1.807, 2.05) is 24.3 Å². The van der Waals surface area contributed by atoms with Crippen molar-refractivity contribution < 1.29 is 22.7 Å². The van der Waals surface area contributed by atoms with Gasteiger partial charge in [0.2, 0.25) is 10.0 Å². The number of hydrogen-bond acceptors (Lipinski definition) is 6. The summed E-state index contributed by atoms with van der Waals surface area (Å²) in [4.78, 5) is 12.0. The van der Waals surface area contributed by atoms with Crippen LogP contribution < -0.4 is 14.9 Å². The van der Waals surface area contributed by atoms with Gasteiger partial charge >= 0.3 is 0 Å². The summed E-state index contributed by atoms with van der Waals surface area (Å²) in [5.74, 6) is -0.0704. The van der Waals surface area contributed by atoms with Crippen molar-refractivity contribution in [2.45, 2.75) is 4.90 Å². The van der Waals surface area contributed by atoms with E-state index in [0.29, 0.717) is 5.75 Å². The maximum absolute atomic E-state index is 12.8. The van der Waals surface area contributed by atoms with Gasteiger partial charge in [0.05, 0.1) is 27.0 Å². The van der Waals surface area contributed by atoms with E-state index in [0.717, 1.165) is 14.3 Å². The highest BCUT2D eigenvalue weighted by Gasteiger charge is 2.27. The lowest BCUT2D eigenvalue weighted by atomic mass is 10.2. The number of carbonyl (C=O) groups excluding carboxylic acids is 1. The highest BCUT2D eigenvalue weighted by atomic mass is 79.9. The molecule has 2 aromatic carbocycles. The SMILES string of the molecule is COc1ccc(OC)c(S(=O)(=O)N(C)CC(=O)N/N=C/c2ccc(Br)cc2)c1. The van der Waals surface area contributed by atoms with Crippen LogP contribution >= 0.6 is 15.9 Å². The lowest BCUT2D eigenvalue weighted by Gasteiger charge is -2.18. The average Bonchev–Trinajstić information content (AvgIpc) is 2.68. The van der Waals surface area contributed by atoms with Gasteiger partial charge in [-0.25, -0.2) is 13.8 Å². The van der Waals surface area contributed by atoms with E-state index >= 15 is 0 Å². The summed E-state index contributed by atoms with van der Waals surface area (Å²) in [5, 5.41) is 3.83. The Morgan fingerprint density at radius 1 is 1.18 bits per heavy atom. The van der Waals surface area contributed by atoms with Gasteiger partial charge in [0.25, 0.3) is 5.91 Å². The Kier molecular flexibility index (Phi) is 7.55. The molecule has 0 spiro atoms. The van der Waals surface area contributed by atoms with Crippen molar-refractivity contribution in [3.8, 4) is 11.5 Å². The van der Waals surface area contributed by atoms with Gasteiger partial charge in [-0.3, -0.25) is 4.79 Å². The van der Waals surface area contributed by atoms with Crippen molar-refractivity contribution in [1.82, 2.24) is 9.73 Å². The molecule has 0 atom stereocenters. The Bertz CT molecular complexity index is 962. The van der Waals surface area contributed by atoms with Gasteiger partial charge in [0.15, 0.2) is 0 Å². The summed E-state index contributed by atoms with van der Waals surface area (Å²) in [5.41, 5.74) is 3.09. The molecule has 0 bridgehead atoms. The molecular weight excluding hydrogens is 450 g/mol. The molecule has 2 aromatic rings. The minimum absolute atomic E-state index is 0.0944. The van der Waals surface area contributed by atoms with E-state index in [1.165, 1.54) is 39.6 Å². The standard InChI is InChI=1S/C18H20BrN3O5S/c1-22(12-18(23)21-20-11-13-4-6-14(19)7-5-13)28(24,25)17-10-15(26-2)8-9-16(17)27-3/h4-11H,12H2,1-3H3,(H,21,23)/b20-11+. The summed E-state index contributed by atoms with van der Waals surface area (Å²) >= 11 is 3.33. The summed E-state index contributed by atoms with van der Waals surface area (Å²) in [6.45, 7) is -0.416. The van der Waals surface area contributed by atoms with Crippen LogP contribution in [-0.4, -0.2) is 52.7 Å². The highest BCUT2D eigenvalue weighted by molar-refractivity contribution is 9.10. The first-order chi connectivity index (χ1) is 13.3. The van der Waals surface area contributed by atoms with Crippen LogP contribution in [-0.2, 0) is 14.8 Å². The van der Waals surface area contributed by atoms with E-state index in [1.54, 1.807) is 6.07 Å². The number of hydrogen-bond donors (Lipinski definition) is 1. The zero-order chi connectivity index (χ0) is 20.7. The smallest absolute Gasteiger partial charge is 0.255 e. The first-order valence-corrected chi connectivity index (χ1v) is 10.3. The van der Waals surface area contributed by atoms with Crippen molar-refractivity contribution in [2.24, 2.45) is 5.10 Å². The van der Waals surface area contributed by atoms with Crippen LogP contribution in [0.1, 0.15) is 5.56 Å². The van der Waals surface area contributed by atoms with Crippen LogP contribution in [0, 0.1) is 0 Å². The molecular formula is C18H20BrN3O5S. The summed E-state index contributed by atoms with van der Waals surface area (Å²) in [7, 11) is 0.112. The molecule has 0 saturated carbocycles. The predicted molar refractivity (Wildman–Crippen MR) is 109 cm³/mol. The fourth-order valence-electron chi connectivity index (χ4n) is 2.20. The van der Waals surface area contributed by atoms with Gasteiger partial charge in [-0.15, -0.1) is 0 Å². The van der Waals surface area contributed by atoms with E-state index in [4.69, 9.17) is 9.47 Å². The van der Waals surface area contributed by atoms with Crippen molar-refractivity contribution in [2.75, 3.05) is 27.8 Å². The van der Waals surface area contributed by atoms with Gasteiger partial charge in [-0.2, -0.15) is 9.41 Å². The second kappa shape index (κ2) is 9.67. The lowest BCUT2D eigenvalue weighted by molar-refractivity contribution is -0.121. The minimum Gasteiger partial charge on any atom is -0.497 e. The molecule has 0 aliphatic carbocycles. The number of nitrogens with zero attached hydrogens (tertiary/aromatic N) is 2. The highest BCUT2D eigenvalue weighted by Crippen LogP contribution is 2.30. The van der Waals surface area contributed by atoms with Gasteiger partial charge in [-0.05, 0) is 29.8 Å². The van der Waals surface area contributed by atoms with Crippen LogP contribution in [0.4, 0.5) is 0 Å². The number of sulfonamides is 1. The van der Waals surface area contributed by atoms with E-state index in [-0.39, 0.29) is 10.6 Å². The maximum atomic E-state index is 12.8. The lowest BCUT2D eigenvalue weighted by Crippen LogP contribution is -2.36. The number of carbonyl (C=O) groups is 1. The Balaban J connectivity index is 2.07. The molecule has 1 N–H and O–H groups in total. The van der Waals surface area contributed by atoms with Crippen LogP contribution in [0.5, 0.6) is 11.5 Å². The fourth-order valence-corrected chi connectivity index (χ4v) is 3.76. The number of ether oxygens (including phenoxy) is 2. The molecule has 0 aromatic heterocycles. The first kappa shape index (κ1) is 21.9. The molecule has 28 heavy (non-hydrogen) atoms. The normalized spacial score (nSPS) is 11.6. The third-order valence-electron chi connectivity index (χ3n) is 3.70. The molecule has 0 radical (unpaired) electrons. The van der Waals surface area contributed by atoms with Crippen LogP contribution in [0.15, 0.2) is 56.9 Å². The van der Waals surface area contributed by atoms with Crippen LogP contribution in [0.3, 0.4) is 0 Å². The minimum atomic E-state index is -3.98. The van der Waals surface area contributed by atoms with Crippen molar-refractivity contribution in [3.05, 3.63) is 52.5 Å². The molecule has 8 nitrogen and oxygen atoms in total. The second-order valence-electron chi connectivity index (χ2n) is 5.62. The van der Waals surface area contributed by atoms with Crippen LogP contribution in [0.2, 0.25) is 0 Å². The number of rotatable bonds is 8. The van der Waals surface area contributed by atoms with Gasteiger partial charge in [0, 0.05) is 17.6 Å². The number of nitrogens with one attached hydrogen (secondary N) is 1. The van der Waals surface area contributed by atoms with Crippen molar-refractivity contribution in [1.29, 1.82) is 0 Å². The zero-order valence-corrected chi connectivity index (χ0v) is 18.0. The van der Waals surface area contributed by atoms with Gasteiger partial charge < -0.3 is 9.47 Å². The number of halogens is 1. The topological polar surface area (TPSA) is 97.3 Å². The third kappa shape index (κ3) is 5.54. The molecule has 0 heterocycles. The molecule has 0 aliphatic heterocycles. The quantitative estimate of drug-likeness (QED) is 0.472. The van der Waals surface area contributed by atoms with E-state index < -0.39 is 22.5 Å². The van der Waals surface area contributed by atoms with Gasteiger partial charge in [0.1, 0.15) is 16.4 Å². The first-order valence-electron chi connectivity index (χ1n) is 8.03. The Labute approximate surface area is 172 Å². The number of methoxy groups -OCH3 is 2. The number of amides is 1. The molecule has 0 aliphatic rings. The summed E-state index contributed by atoms with van der Waals surface area (Å²) in [6, 6.07) is 11.7. The Morgan fingerprint density at radius 2 is 1.86 bits per heavy atom. The van der Waals surface area contributed by atoms with E-state index in [9.17, 15) is 13.2 Å². The second-order valence-corrected chi connectivity index (χ2v) is 8.55. The summed E-state index contributed by atoms with van der Waals surface area (Å²) < 4.78 is 37.6. The number of benzene rings is 2. The monoisotopic (exact) mass is 469 g/mol. The largest absolute Gasteiger partial charge is 0.497 e. The fraction of sp³-hybridized carbons (Fsp3) is 0.222. The number of hydrazone groups is 1. The molecule has 0 fully saturated rings.